The van der Waals surface area contributed by atoms with E-state index >= 15 is 0 Å². The minimum atomic E-state index is -0.0245. The standard InChI is InChI=1S/C14H18N4O2S/c19-14(17-6-8-20-9-7-17)15-3-5-18-4-1-13(16-18)12-2-10-21-11-12/h1-2,4,10-11H,3,5-9H2,(H,15,19). The zero-order chi connectivity index (χ0) is 14.5. The molecule has 7 heteroatoms. The first kappa shape index (κ1) is 14.1. The molecule has 1 aliphatic rings. The van der Waals surface area contributed by atoms with Gasteiger partial charge in [-0.3, -0.25) is 4.68 Å². The summed E-state index contributed by atoms with van der Waals surface area (Å²) < 4.78 is 7.08. The average molecular weight is 306 g/mol. The molecule has 3 heterocycles. The number of hydrogen-bond acceptors (Lipinski definition) is 4. The van der Waals surface area contributed by atoms with Crippen LogP contribution in [0.3, 0.4) is 0 Å². The van der Waals surface area contributed by atoms with Crippen molar-refractivity contribution in [2.75, 3.05) is 32.8 Å². The summed E-state index contributed by atoms with van der Waals surface area (Å²) >= 11 is 1.66. The maximum absolute atomic E-state index is 11.9. The third-order valence-corrected chi connectivity index (χ3v) is 4.06. The monoisotopic (exact) mass is 306 g/mol. The van der Waals surface area contributed by atoms with Gasteiger partial charge in [-0.25, -0.2) is 4.79 Å². The minimum Gasteiger partial charge on any atom is -0.378 e. The van der Waals surface area contributed by atoms with Crippen LogP contribution < -0.4 is 5.32 Å². The third-order valence-electron chi connectivity index (χ3n) is 3.37. The maximum Gasteiger partial charge on any atom is 0.317 e. The molecule has 1 saturated heterocycles. The van der Waals surface area contributed by atoms with Crippen molar-refractivity contribution < 1.29 is 9.53 Å². The maximum atomic E-state index is 11.9. The number of urea groups is 1. The van der Waals surface area contributed by atoms with Gasteiger partial charge in [-0.2, -0.15) is 16.4 Å². The van der Waals surface area contributed by atoms with Gasteiger partial charge in [0.05, 0.1) is 25.5 Å². The number of morpholine rings is 1. The van der Waals surface area contributed by atoms with Gasteiger partial charge in [-0.05, 0) is 17.5 Å². The van der Waals surface area contributed by atoms with Crippen molar-refractivity contribution in [1.82, 2.24) is 20.0 Å². The summed E-state index contributed by atoms with van der Waals surface area (Å²) in [5.74, 6) is 0. The number of nitrogens with one attached hydrogen (secondary N) is 1. The van der Waals surface area contributed by atoms with E-state index in [1.165, 1.54) is 0 Å². The third kappa shape index (κ3) is 3.62. The summed E-state index contributed by atoms with van der Waals surface area (Å²) in [7, 11) is 0. The van der Waals surface area contributed by atoms with Crippen LogP contribution in [-0.4, -0.2) is 53.6 Å². The van der Waals surface area contributed by atoms with E-state index in [0.717, 1.165) is 11.3 Å². The lowest BCUT2D eigenvalue weighted by Crippen LogP contribution is -2.46. The lowest BCUT2D eigenvalue weighted by molar-refractivity contribution is 0.0532. The van der Waals surface area contributed by atoms with Crippen LogP contribution in [0.2, 0.25) is 0 Å². The van der Waals surface area contributed by atoms with Gasteiger partial charge >= 0.3 is 6.03 Å². The summed E-state index contributed by atoms with van der Waals surface area (Å²) in [5, 5.41) is 11.5. The molecule has 1 N–H and O–H groups in total. The molecule has 2 amide bonds. The van der Waals surface area contributed by atoms with E-state index in [-0.39, 0.29) is 6.03 Å². The highest BCUT2D eigenvalue weighted by atomic mass is 32.1. The lowest BCUT2D eigenvalue weighted by atomic mass is 10.2. The second kappa shape index (κ2) is 6.73. The fraction of sp³-hybridized carbons (Fsp3) is 0.429. The highest BCUT2D eigenvalue weighted by molar-refractivity contribution is 7.08. The SMILES string of the molecule is O=C(NCCn1ccc(-c2ccsc2)n1)N1CCOCC1. The second-order valence-electron chi connectivity index (χ2n) is 4.81. The topological polar surface area (TPSA) is 59.4 Å². The Morgan fingerprint density at radius 3 is 3.00 bits per heavy atom. The van der Waals surface area contributed by atoms with Crippen LogP contribution in [0, 0.1) is 0 Å². The van der Waals surface area contributed by atoms with Crippen LogP contribution in [-0.2, 0) is 11.3 Å². The Kier molecular flexibility index (Phi) is 4.52. The summed E-state index contributed by atoms with van der Waals surface area (Å²) in [6.07, 6.45) is 1.94. The number of ether oxygens (including phenoxy) is 1. The van der Waals surface area contributed by atoms with Gasteiger partial charge in [-0.1, -0.05) is 0 Å². The van der Waals surface area contributed by atoms with Gasteiger partial charge in [0.15, 0.2) is 0 Å². The Labute approximate surface area is 127 Å². The van der Waals surface area contributed by atoms with E-state index in [2.05, 4.69) is 21.9 Å². The molecule has 21 heavy (non-hydrogen) atoms. The van der Waals surface area contributed by atoms with Crippen molar-refractivity contribution in [3.05, 3.63) is 29.1 Å². The van der Waals surface area contributed by atoms with Crippen molar-refractivity contribution >= 4 is 17.4 Å². The number of thiophene rings is 1. The first-order valence-electron chi connectivity index (χ1n) is 6.99. The number of aromatic nitrogens is 2. The molecule has 0 saturated carbocycles. The van der Waals surface area contributed by atoms with Gasteiger partial charge in [0, 0.05) is 36.8 Å². The summed E-state index contributed by atoms with van der Waals surface area (Å²) in [6.45, 7) is 3.81. The Balaban J connectivity index is 1.46. The molecule has 3 rings (SSSR count). The average Bonchev–Trinajstić information content (AvgIpc) is 3.19. The van der Waals surface area contributed by atoms with E-state index in [1.54, 1.807) is 16.2 Å². The van der Waals surface area contributed by atoms with Crippen LogP contribution in [0.25, 0.3) is 11.3 Å². The van der Waals surface area contributed by atoms with E-state index in [1.807, 2.05) is 22.3 Å². The van der Waals surface area contributed by atoms with Crippen LogP contribution >= 0.6 is 11.3 Å². The molecule has 2 aromatic rings. The molecule has 0 atom stereocenters. The molecule has 0 radical (unpaired) electrons. The first-order valence-corrected chi connectivity index (χ1v) is 7.94. The van der Waals surface area contributed by atoms with Crippen LogP contribution in [0.4, 0.5) is 4.79 Å². The van der Waals surface area contributed by atoms with Crippen molar-refractivity contribution in [2.45, 2.75) is 6.54 Å². The van der Waals surface area contributed by atoms with E-state index in [4.69, 9.17) is 4.74 Å². The molecular weight excluding hydrogens is 288 g/mol. The molecule has 1 aliphatic heterocycles. The van der Waals surface area contributed by atoms with Gasteiger partial charge in [-0.15, -0.1) is 0 Å². The lowest BCUT2D eigenvalue weighted by Gasteiger charge is -2.26. The molecule has 0 aliphatic carbocycles. The number of carbonyl (C=O) groups is 1. The summed E-state index contributed by atoms with van der Waals surface area (Å²) in [5.41, 5.74) is 2.10. The predicted octanol–water partition coefficient (Wildman–Crippen LogP) is 1.65. The van der Waals surface area contributed by atoms with Crippen LogP contribution in [0.15, 0.2) is 29.1 Å². The molecule has 0 unspecified atom stereocenters. The smallest absolute Gasteiger partial charge is 0.317 e. The molecule has 2 aromatic heterocycles. The number of carbonyl (C=O) groups excluding carboxylic acids is 1. The highest BCUT2D eigenvalue weighted by Crippen LogP contribution is 2.19. The molecular formula is C14H18N4O2S. The molecule has 6 nitrogen and oxygen atoms in total. The first-order chi connectivity index (χ1) is 10.3. The van der Waals surface area contributed by atoms with Crippen molar-refractivity contribution in [2.24, 2.45) is 0 Å². The van der Waals surface area contributed by atoms with E-state index in [9.17, 15) is 4.79 Å². The van der Waals surface area contributed by atoms with Gasteiger partial charge < -0.3 is 15.0 Å². The zero-order valence-electron chi connectivity index (χ0n) is 11.7. The molecule has 0 spiro atoms. The van der Waals surface area contributed by atoms with Gasteiger partial charge in [0.2, 0.25) is 0 Å². The normalized spacial score (nSPS) is 15.1. The van der Waals surface area contributed by atoms with Crippen molar-refractivity contribution in [1.29, 1.82) is 0 Å². The van der Waals surface area contributed by atoms with Crippen LogP contribution in [0.1, 0.15) is 0 Å². The second-order valence-corrected chi connectivity index (χ2v) is 5.59. The quantitative estimate of drug-likeness (QED) is 0.934. The zero-order valence-corrected chi connectivity index (χ0v) is 12.5. The summed E-state index contributed by atoms with van der Waals surface area (Å²) in [6, 6.07) is 4.02. The number of nitrogens with zero attached hydrogens (tertiary/aromatic N) is 3. The largest absolute Gasteiger partial charge is 0.378 e. The van der Waals surface area contributed by atoms with Crippen molar-refractivity contribution in [3.8, 4) is 11.3 Å². The fourth-order valence-electron chi connectivity index (χ4n) is 2.21. The van der Waals surface area contributed by atoms with Gasteiger partial charge in [0.25, 0.3) is 0 Å². The van der Waals surface area contributed by atoms with Crippen LogP contribution in [0.5, 0.6) is 0 Å². The minimum absolute atomic E-state index is 0.0245. The molecule has 112 valence electrons. The number of rotatable bonds is 4. The molecule has 0 bridgehead atoms. The summed E-state index contributed by atoms with van der Waals surface area (Å²) in [4.78, 5) is 13.7. The fourth-order valence-corrected chi connectivity index (χ4v) is 2.86. The van der Waals surface area contributed by atoms with E-state index < -0.39 is 0 Å². The number of hydrogen-bond donors (Lipinski definition) is 1. The Morgan fingerprint density at radius 2 is 2.24 bits per heavy atom. The Morgan fingerprint density at radius 1 is 1.38 bits per heavy atom. The van der Waals surface area contributed by atoms with E-state index in [0.29, 0.717) is 39.4 Å². The Hall–Kier alpha value is -1.86. The Bertz CT molecular complexity index is 576. The predicted molar refractivity (Wildman–Crippen MR) is 81.3 cm³/mol. The molecule has 0 aromatic carbocycles. The number of amides is 2. The van der Waals surface area contributed by atoms with Crippen molar-refractivity contribution in [3.63, 3.8) is 0 Å². The highest BCUT2D eigenvalue weighted by Gasteiger charge is 2.15. The van der Waals surface area contributed by atoms with Gasteiger partial charge in [0.1, 0.15) is 0 Å². The molecule has 1 fully saturated rings.